The van der Waals surface area contributed by atoms with E-state index in [9.17, 15) is 4.79 Å². The van der Waals surface area contributed by atoms with Crippen LogP contribution in [-0.4, -0.2) is 11.9 Å². The number of amidine groups is 1. The smallest absolute Gasteiger partial charge is 0.323 e. The number of para-hydroxylation sites is 1. The molecule has 0 aliphatic carbocycles. The summed E-state index contributed by atoms with van der Waals surface area (Å²) in [5.41, 5.74) is 8.26. The van der Waals surface area contributed by atoms with Gasteiger partial charge in [0.05, 0.1) is 0 Å². The SMILES string of the molecule is Cc1ccc(C(=N)N)cc1NC(=O)Nc1ccccc1. The Hall–Kier alpha value is -2.82. The lowest BCUT2D eigenvalue weighted by Gasteiger charge is -2.11. The number of hydrogen-bond donors (Lipinski definition) is 4. The first kappa shape index (κ1) is 13.6. The second kappa shape index (κ2) is 5.88. The molecule has 102 valence electrons. The largest absolute Gasteiger partial charge is 0.384 e. The van der Waals surface area contributed by atoms with E-state index in [0.717, 1.165) is 5.56 Å². The van der Waals surface area contributed by atoms with Crippen molar-refractivity contribution in [2.45, 2.75) is 6.92 Å². The minimum absolute atomic E-state index is 0.0310. The van der Waals surface area contributed by atoms with Gasteiger partial charge in [-0.1, -0.05) is 30.3 Å². The molecule has 2 amide bonds. The Morgan fingerprint density at radius 1 is 1.10 bits per heavy atom. The molecule has 2 rings (SSSR count). The summed E-state index contributed by atoms with van der Waals surface area (Å²) in [6.07, 6.45) is 0. The van der Waals surface area contributed by atoms with Gasteiger partial charge in [-0.2, -0.15) is 0 Å². The lowest BCUT2D eigenvalue weighted by Crippen LogP contribution is -2.20. The third-order valence-electron chi connectivity index (χ3n) is 2.83. The number of anilines is 2. The number of amides is 2. The van der Waals surface area contributed by atoms with Crippen molar-refractivity contribution in [3.8, 4) is 0 Å². The van der Waals surface area contributed by atoms with Crippen LogP contribution in [0.4, 0.5) is 16.2 Å². The van der Waals surface area contributed by atoms with Crippen LogP contribution in [0.3, 0.4) is 0 Å². The maximum Gasteiger partial charge on any atom is 0.323 e. The van der Waals surface area contributed by atoms with Crippen molar-refractivity contribution >= 4 is 23.2 Å². The fourth-order valence-electron chi connectivity index (χ4n) is 1.73. The fraction of sp³-hybridized carbons (Fsp3) is 0.0667. The molecule has 0 heterocycles. The van der Waals surface area contributed by atoms with Crippen molar-refractivity contribution in [2.24, 2.45) is 5.73 Å². The molecule has 0 atom stereocenters. The Morgan fingerprint density at radius 3 is 2.45 bits per heavy atom. The summed E-state index contributed by atoms with van der Waals surface area (Å²) in [5.74, 6) is -0.0310. The van der Waals surface area contributed by atoms with E-state index < -0.39 is 0 Å². The second-order valence-electron chi connectivity index (χ2n) is 4.39. The zero-order chi connectivity index (χ0) is 14.5. The first-order valence-corrected chi connectivity index (χ1v) is 6.14. The Kier molecular flexibility index (Phi) is 4.00. The number of nitrogen functional groups attached to an aromatic ring is 1. The first-order valence-electron chi connectivity index (χ1n) is 6.14. The number of rotatable bonds is 3. The first-order chi connectivity index (χ1) is 9.56. The summed E-state index contributed by atoms with van der Waals surface area (Å²) in [6.45, 7) is 1.88. The summed E-state index contributed by atoms with van der Waals surface area (Å²) in [6, 6.07) is 14.1. The van der Waals surface area contributed by atoms with Gasteiger partial charge in [0.25, 0.3) is 0 Å². The average Bonchev–Trinajstić information content (AvgIpc) is 2.42. The predicted molar refractivity (Wildman–Crippen MR) is 81.3 cm³/mol. The highest BCUT2D eigenvalue weighted by Crippen LogP contribution is 2.17. The molecule has 0 radical (unpaired) electrons. The van der Waals surface area contributed by atoms with E-state index in [-0.39, 0.29) is 11.9 Å². The topological polar surface area (TPSA) is 91.0 Å². The predicted octanol–water partition coefficient (Wildman–Crippen LogP) is 2.92. The molecule has 0 unspecified atom stereocenters. The quantitative estimate of drug-likeness (QED) is 0.509. The molecule has 20 heavy (non-hydrogen) atoms. The number of urea groups is 1. The van der Waals surface area contributed by atoms with Gasteiger partial charge in [0.15, 0.2) is 0 Å². The van der Waals surface area contributed by atoms with Crippen molar-refractivity contribution in [3.05, 3.63) is 59.7 Å². The lowest BCUT2D eigenvalue weighted by atomic mass is 10.1. The standard InChI is InChI=1S/C15H16N4O/c1-10-7-8-11(14(16)17)9-13(10)19-15(20)18-12-5-3-2-4-6-12/h2-9H,1H3,(H3,16,17)(H2,18,19,20). The summed E-state index contributed by atoms with van der Waals surface area (Å²) >= 11 is 0. The average molecular weight is 268 g/mol. The van der Waals surface area contributed by atoms with Gasteiger partial charge in [0.1, 0.15) is 5.84 Å². The van der Waals surface area contributed by atoms with E-state index >= 15 is 0 Å². The Labute approximate surface area is 117 Å². The van der Waals surface area contributed by atoms with Gasteiger partial charge in [0.2, 0.25) is 0 Å². The van der Waals surface area contributed by atoms with Gasteiger partial charge in [-0.15, -0.1) is 0 Å². The van der Waals surface area contributed by atoms with E-state index in [4.69, 9.17) is 11.1 Å². The number of aryl methyl sites for hydroxylation is 1. The van der Waals surface area contributed by atoms with Gasteiger partial charge in [-0.05, 0) is 30.7 Å². The molecule has 0 aliphatic rings. The molecule has 5 nitrogen and oxygen atoms in total. The zero-order valence-electron chi connectivity index (χ0n) is 11.1. The van der Waals surface area contributed by atoms with Crippen LogP contribution in [0.1, 0.15) is 11.1 Å². The van der Waals surface area contributed by atoms with Crippen molar-refractivity contribution in [1.29, 1.82) is 5.41 Å². The van der Waals surface area contributed by atoms with Crippen LogP contribution in [0.25, 0.3) is 0 Å². The van der Waals surface area contributed by atoms with Crippen molar-refractivity contribution < 1.29 is 4.79 Å². The van der Waals surface area contributed by atoms with Gasteiger partial charge in [-0.25, -0.2) is 4.79 Å². The highest BCUT2D eigenvalue weighted by molar-refractivity contribution is 6.02. The molecular weight excluding hydrogens is 252 g/mol. The number of nitrogens with one attached hydrogen (secondary N) is 3. The van der Waals surface area contributed by atoms with Gasteiger partial charge in [0, 0.05) is 16.9 Å². The van der Waals surface area contributed by atoms with Crippen LogP contribution in [0.5, 0.6) is 0 Å². The maximum atomic E-state index is 11.9. The van der Waals surface area contributed by atoms with Crippen LogP contribution in [0, 0.1) is 12.3 Å². The minimum Gasteiger partial charge on any atom is -0.384 e. The number of carbonyl (C=O) groups is 1. The lowest BCUT2D eigenvalue weighted by molar-refractivity contribution is 0.262. The zero-order valence-corrected chi connectivity index (χ0v) is 11.1. The molecule has 2 aromatic rings. The highest BCUT2D eigenvalue weighted by atomic mass is 16.2. The van der Waals surface area contributed by atoms with Crippen molar-refractivity contribution in [2.75, 3.05) is 10.6 Å². The monoisotopic (exact) mass is 268 g/mol. The van der Waals surface area contributed by atoms with E-state index in [1.807, 2.05) is 31.2 Å². The van der Waals surface area contributed by atoms with Crippen LogP contribution >= 0.6 is 0 Å². The number of benzene rings is 2. The van der Waals surface area contributed by atoms with Crippen molar-refractivity contribution in [1.82, 2.24) is 0 Å². The normalized spacial score (nSPS) is 9.85. The number of nitrogens with two attached hydrogens (primary N) is 1. The minimum atomic E-state index is -0.333. The van der Waals surface area contributed by atoms with E-state index in [0.29, 0.717) is 16.9 Å². The molecule has 0 spiro atoms. The molecule has 5 N–H and O–H groups in total. The second-order valence-corrected chi connectivity index (χ2v) is 4.39. The summed E-state index contributed by atoms with van der Waals surface area (Å²) in [4.78, 5) is 11.9. The van der Waals surface area contributed by atoms with E-state index in [1.165, 1.54) is 0 Å². The molecule has 0 aliphatic heterocycles. The fourth-order valence-corrected chi connectivity index (χ4v) is 1.73. The molecule has 5 heteroatoms. The molecular formula is C15H16N4O. The number of carbonyl (C=O) groups excluding carboxylic acids is 1. The van der Waals surface area contributed by atoms with Gasteiger partial charge >= 0.3 is 6.03 Å². The highest BCUT2D eigenvalue weighted by Gasteiger charge is 2.07. The van der Waals surface area contributed by atoms with Gasteiger partial charge in [-0.3, -0.25) is 5.41 Å². The Morgan fingerprint density at radius 2 is 1.80 bits per heavy atom. The third kappa shape index (κ3) is 3.35. The molecule has 0 saturated heterocycles. The Bertz CT molecular complexity index is 638. The van der Waals surface area contributed by atoms with Crippen LogP contribution in [0.2, 0.25) is 0 Å². The summed E-state index contributed by atoms with van der Waals surface area (Å²) in [7, 11) is 0. The maximum absolute atomic E-state index is 11.9. The van der Waals surface area contributed by atoms with Crippen molar-refractivity contribution in [3.63, 3.8) is 0 Å². The van der Waals surface area contributed by atoms with Gasteiger partial charge < -0.3 is 16.4 Å². The summed E-state index contributed by atoms with van der Waals surface area (Å²) in [5, 5.41) is 12.9. The third-order valence-corrected chi connectivity index (χ3v) is 2.83. The molecule has 2 aromatic carbocycles. The molecule has 0 bridgehead atoms. The van der Waals surface area contributed by atoms with Crippen LogP contribution < -0.4 is 16.4 Å². The Balaban J connectivity index is 2.11. The molecule has 0 aromatic heterocycles. The summed E-state index contributed by atoms with van der Waals surface area (Å²) < 4.78 is 0. The van der Waals surface area contributed by atoms with E-state index in [2.05, 4.69) is 10.6 Å². The van der Waals surface area contributed by atoms with E-state index in [1.54, 1.807) is 24.3 Å². The molecule has 0 fully saturated rings. The number of hydrogen-bond acceptors (Lipinski definition) is 2. The van der Waals surface area contributed by atoms with Crippen LogP contribution in [0.15, 0.2) is 48.5 Å². The van der Waals surface area contributed by atoms with Crippen LogP contribution in [-0.2, 0) is 0 Å². The molecule has 0 saturated carbocycles.